The maximum atomic E-state index is 12.6. The Morgan fingerprint density at radius 1 is 0.833 bits per heavy atom. The summed E-state index contributed by atoms with van der Waals surface area (Å²) < 4.78 is 5.67. The molecule has 0 heterocycles. The van der Waals surface area contributed by atoms with E-state index in [9.17, 15) is 9.59 Å². The second-order valence-electron chi connectivity index (χ2n) is 6.23. The Labute approximate surface area is 183 Å². The molecule has 0 saturated carbocycles. The zero-order valence-corrected chi connectivity index (χ0v) is 17.8. The van der Waals surface area contributed by atoms with Gasteiger partial charge in [0, 0.05) is 27.2 Å². The molecule has 0 aliphatic carbocycles. The van der Waals surface area contributed by atoms with E-state index in [1.54, 1.807) is 24.3 Å². The molecule has 3 aromatic carbocycles. The molecule has 5 nitrogen and oxygen atoms in total. The summed E-state index contributed by atoms with van der Waals surface area (Å²) in [5.41, 5.74) is 5.45. The number of halogens is 1. The molecule has 0 aromatic heterocycles. The minimum absolute atomic E-state index is 0.0604. The Balaban J connectivity index is 1.96. The van der Waals surface area contributed by atoms with E-state index in [0.717, 1.165) is 15.6 Å². The number of esters is 1. The van der Waals surface area contributed by atoms with Gasteiger partial charge in [0.1, 0.15) is 5.70 Å². The molecule has 6 heteroatoms. The van der Waals surface area contributed by atoms with Crippen LogP contribution in [-0.4, -0.2) is 24.6 Å². The predicted molar refractivity (Wildman–Crippen MR) is 120 cm³/mol. The standard InChI is InChI=1S/C24H19BrN2O3/c1-30-24(29)21(16-22(28)17-12-14-20(25)15-13-17)26-27-23(18-8-4-2-5-9-18)19-10-6-3-7-11-19/h2-16,26H,1H3/b21-16-. The molecule has 0 saturated heterocycles. The monoisotopic (exact) mass is 462 g/mol. The molecule has 1 N–H and O–H groups in total. The lowest BCUT2D eigenvalue weighted by molar-refractivity contribution is -0.136. The first-order valence-electron chi connectivity index (χ1n) is 9.13. The van der Waals surface area contributed by atoms with Crippen molar-refractivity contribution in [3.8, 4) is 0 Å². The van der Waals surface area contributed by atoms with Gasteiger partial charge in [-0.15, -0.1) is 0 Å². The van der Waals surface area contributed by atoms with Crippen molar-refractivity contribution in [2.45, 2.75) is 0 Å². The highest BCUT2D eigenvalue weighted by atomic mass is 79.9. The number of methoxy groups -OCH3 is 1. The maximum Gasteiger partial charge on any atom is 0.356 e. The van der Waals surface area contributed by atoms with Gasteiger partial charge in [0.05, 0.1) is 12.8 Å². The van der Waals surface area contributed by atoms with E-state index in [-0.39, 0.29) is 11.5 Å². The van der Waals surface area contributed by atoms with E-state index < -0.39 is 5.97 Å². The van der Waals surface area contributed by atoms with Gasteiger partial charge in [-0.3, -0.25) is 10.2 Å². The predicted octanol–water partition coefficient (Wildman–Crippen LogP) is 4.73. The first kappa shape index (κ1) is 21.2. The van der Waals surface area contributed by atoms with Crippen molar-refractivity contribution in [3.63, 3.8) is 0 Å². The van der Waals surface area contributed by atoms with Crippen LogP contribution >= 0.6 is 15.9 Å². The minimum Gasteiger partial charge on any atom is -0.464 e. The number of hydrazone groups is 1. The number of benzene rings is 3. The molecule has 0 atom stereocenters. The summed E-state index contributed by atoms with van der Waals surface area (Å²) in [6, 6.07) is 26.0. The highest BCUT2D eigenvalue weighted by Crippen LogP contribution is 2.13. The van der Waals surface area contributed by atoms with Gasteiger partial charge in [0.25, 0.3) is 0 Å². The smallest absolute Gasteiger partial charge is 0.356 e. The molecule has 0 bridgehead atoms. The highest BCUT2D eigenvalue weighted by molar-refractivity contribution is 9.10. The molecule has 0 radical (unpaired) electrons. The van der Waals surface area contributed by atoms with Gasteiger partial charge in [-0.25, -0.2) is 4.79 Å². The largest absolute Gasteiger partial charge is 0.464 e. The van der Waals surface area contributed by atoms with Crippen LogP contribution in [0.25, 0.3) is 0 Å². The van der Waals surface area contributed by atoms with E-state index >= 15 is 0 Å². The van der Waals surface area contributed by atoms with Gasteiger partial charge in [0.2, 0.25) is 0 Å². The number of carbonyl (C=O) groups is 2. The number of nitrogens with zero attached hydrogens (tertiary/aromatic N) is 1. The van der Waals surface area contributed by atoms with Crippen molar-refractivity contribution in [2.24, 2.45) is 5.10 Å². The minimum atomic E-state index is -0.690. The fraction of sp³-hybridized carbons (Fsp3) is 0.0417. The summed E-state index contributed by atoms with van der Waals surface area (Å²) in [6.07, 6.45) is 1.19. The van der Waals surface area contributed by atoms with Crippen LogP contribution in [0, 0.1) is 0 Å². The summed E-state index contributed by atoms with van der Waals surface area (Å²) in [6.45, 7) is 0. The quantitative estimate of drug-likeness (QED) is 0.181. The van der Waals surface area contributed by atoms with Crippen molar-refractivity contribution in [1.82, 2.24) is 5.43 Å². The average Bonchev–Trinajstić information content (AvgIpc) is 2.79. The second-order valence-corrected chi connectivity index (χ2v) is 7.14. The van der Waals surface area contributed by atoms with Gasteiger partial charge >= 0.3 is 5.97 Å². The lowest BCUT2D eigenvalue weighted by Gasteiger charge is -2.10. The Bertz CT molecular complexity index is 1030. The zero-order chi connectivity index (χ0) is 21.3. The van der Waals surface area contributed by atoms with Gasteiger partial charge in [-0.1, -0.05) is 76.6 Å². The molecule has 3 rings (SSSR count). The fourth-order valence-corrected chi connectivity index (χ4v) is 2.94. The fourth-order valence-electron chi connectivity index (χ4n) is 2.68. The molecule has 150 valence electrons. The highest BCUT2D eigenvalue weighted by Gasteiger charge is 2.14. The molecule has 0 unspecified atom stereocenters. The third kappa shape index (κ3) is 5.52. The van der Waals surface area contributed by atoms with Crippen molar-refractivity contribution >= 4 is 33.4 Å². The number of allylic oxidation sites excluding steroid dienone is 1. The van der Waals surface area contributed by atoms with E-state index in [0.29, 0.717) is 11.3 Å². The van der Waals surface area contributed by atoms with Crippen molar-refractivity contribution in [3.05, 3.63) is 118 Å². The summed E-state index contributed by atoms with van der Waals surface area (Å²) >= 11 is 3.33. The van der Waals surface area contributed by atoms with E-state index in [1.807, 2.05) is 60.7 Å². The van der Waals surface area contributed by atoms with Crippen LogP contribution in [0.4, 0.5) is 0 Å². The van der Waals surface area contributed by atoms with Gasteiger partial charge in [0.15, 0.2) is 5.78 Å². The normalized spacial score (nSPS) is 10.8. The van der Waals surface area contributed by atoms with Crippen molar-refractivity contribution < 1.29 is 14.3 Å². The number of hydrogen-bond donors (Lipinski definition) is 1. The Kier molecular flexibility index (Phi) is 7.29. The van der Waals surface area contributed by atoms with Crippen LogP contribution in [0.2, 0.25) is 0 Å². The Morgan fingerprint density at radius 3 is 1.87 bits per heavy atom. The Morgan fingerprint density at radius 2 is 1.37 bits per heavy atom. The number of ketones is 1. The molecule has 0 aliphatic heterocycles. The molecular weight excluding hydrogens is 444 g/mol. The van der Waals surface area contributed by atoms with Crippen LogP contribution in [0.3, 0.4) is 0 Å². The van der Waals surface area contributed by atoms with Crippen LogP contribution in [0.5, 0.6) is 0 Å². The number of hydrogen-bond acceptors (Lipinski definition) is 5. The number of nitrogens with one attached hydrogen (secondary N) is 1. The topological polar surface area (TPSA) is 67.8 Å². The molecule has 3 aromatic rings. The molecular formula is C24H19BrN2O3. The van der Waals surface area contributed by atoms with Gasteiger partial charge in [-0.05, 0) is 24.3 Å². The van der Waals surface area contributed by atoms with Gasteiger partial charge in [-0.2, -0.15) is 5.10 Å². The summed E-state index contributed by atoms with van der Waals surface area (Å²) in [4.78, 5) is 24.8. The molecule has 0 amide bonds. The van der Waals surface area contributed by atoms with Crippen molar-refractivity contribution in [2.75, 3.05) is 7.11 Å². The first-order chi connectivity index (χ1) is 14.6. The summed E-state index contributed by atoms with van der Waals surface area (Å²) in [5.74, 6) is -1.03. The molecule has 0 spiro atoms. The second kappa shape index (κ2) is 10.3. The van der Waals surface area contributed by atoms with Gasteiger partial charge < -0.3 is 4.74 Å². The average molecular weight is 463 g/mol. The summed E-state index contributed by atoms with van der Waals surface area (Å²) in [7, 11) is 1.25. The maximum absolute atomic E-state index is 12.6. The molecule has 0 aliphatic rings. The van der Waals surface area contributed by atoms with Crippen LogP contribution in [0.1, 0.15) is 21.5 Å². The lowest BCUT2D eigenvalue weighted by atomic mass is 10.0. The lowest BCUT2D eigenvalue weighted by Crippen LogP contribution is -2.21. The van der Waals surface area contributed by atoms with Crippen LogP contribution in [-0.2, 0) is 9.53 Å². The van der Waals surface area contributed by atoms with E-state index in [4.69, 9.17) is 4.74 Å². The van der Waals surface area contributed by atoms with Crippen LogP contribution < -0.4 is 5.43 Å². The molecule has 30 heavy (non-hydrogen) atoms. The molecule has 0 fully saturated rings. The van der Waals surface area contributed by atoms with E-state index in [1.165, 1.54) is 13.2 Å². The third-order valence-electron chi connectivity index (χ3n) is 4.19. The summed E-state index contributed by atoms with van der Waals surface area (Å²) in [5, 5.41) is 4.43. The SMILES string of the molecule is COC(=O)/C(=C/C(=O)c1ccc(Br)cc1)NN=C(c1ccccc1)c1ccccc1. The zero-order valence-electron chi connectivity index (χ0n) is 16.2. The number of ether oxygens (including phenoxy) is 1. The number of rotatable bonds is 7. The third-order valence-corrected chi connectivity index (χ3v) is 4.72. The number of carbonyl (C=O) groups excluding carboxylic acids is 2. The Hall–Kier alpha value is -3.51. The van der Waals surface area contributed by atoms with Crippen molar-refractivity contribution in [1.29, 1.82) is 0 Å². The van der Waals surface area contributed by atoms with Crippen LogP contribution in [0.15, 0.2) is 106 Å². The first-order valence-corrected chi connectivity index (χ1v) is 9.92. The van der Waals surface area contributed by atoms with E-state index in [2.05, 4.69) is 26.5 Å².